The van der Waals surface area contributed by atoms with Gasteiger partial charge in [-0.1, -0.05) is 36.4 Å². The van der Waals surface area contributed by atoms with Crippen molar-refractivity contribution in [3.05, 3.63) is 71.8 Å². The number of aromatic nitrogens is 1. The molecule has 8 heteroatoms. The third-order valence-electron chi connectivity index (χ3n) is 5.57. The highest BCUT2D eigenvalue weighted by Crippen LogP contribution is 2.43. The van der Waals surface area contributed by atoms with Crippen molar-refractivity contribution in [1.29, 1.82) is 0 Å². The van der Waals surface area contributed by atoms with Crippen LogP contribution in [0.15, 0.2) is 65.7 Å². The molecule has 0 bridgehead atoms. The highest BCUT2D eigenvalue weighted by atomic mass is 35.5. The molecule has 1 atom stereocenters. The number of aliphatic imine (C=N–C) groups is 1. The molecule has 0 amide bonds. The minimum Gasteiger partial charge on any atom is -0.379 e. The van der Waals surface area contributed by atoms with Crippen LogP contribution in [0.3, 0.4) is 0 Å². The van der Waals surface area contributed by atoms with E-state index < -0.39 is 5.92 Å². The molecule has 1 aromatic heterocycles. The molecule has 5 rings (SSSR count). The second-order valence-electron chi connectivity index (χ2n) is 7.70. The summed E-state index contributed by atoms with van der Waals surface area (Å²) in [6.45, 7) is 4.24. The molecule has 0 saturated carbocycles. The number of rotatable bonds is 5. The van der Waals surface area contributed by atoms with Crippen LogP contribution < -0.4 is 5.32 Å². The summed E-state index contributed by atoms with van der Waals surface area (Å²) in [4.78, 5) is 9.90. The molecule has 160 valence electrons. The number of halogens is 2. The molecule has 0 spiro atoms. The number of nitrogens with one attached hydrogen (secondary N) is 2. The average Bonchev–Trinajstić information content (AvgIpc) is 3.24. The number of ether oxygens (including phenoxy) is 1. The van der Waals surface area contributed by atoms with Crippen molar-refractivity contribution < 1.29 is 9.13 Å². The Morgan fingerprint density at radius 1 is 1.10 bits per heavy atom. The number of anilines is 1. The number of para-hydroxylation sites is 1. The Kier molecular flexibility index (Phi) is 5.40. The Hall–Kier alpha value is -2.87. The third kappa shape index (κ3) is 4.04. The van der Waals surface area contributed by atoms with E-state index in [0.29, 0.717) is 17.1 Å². The van der Waals surface area contributed by atoms with Gasteiger partial charge in [-0.25, -0.2) is 9.41 Å². The van der Waals surface area contributed by atoms with E-state index in [-0.39, 0.29) is 0 Å². The van der Waals surface area contributed by atoms with E-state index in [9.17, 15) is 0 Å². The Labute approximate surface area is 185 Å². The molecular formula is C23H23ClFN5O. The van der Waals surface area contributed by atoms with Crippen LogP contribution in [-0.4, -0.2) is 46.9 Å². The van der Waals surface area contributed by atoms with Crippen LogP contribution >= 0.6 is 11.8 Å². The number of nitrogens with zero attached hydrogens (tertiary/aromatic N) is 3. The smallest absolute Gasteiger partial charge is 0.303 e. The van der Waals surface area contributed by atoms with E-state index in [4.69, 9.17) is 16.5 Å². The number of benzene rings is 2. The Balaban J connectivity index is 1.44. The Morgan fingerprint density at radius 2 is 1.90 bits per heavy atom. The largest absolute Gasteiger partial charge is 0.379 e. The number of fused-ring (bicyclic) bond motifs is 1. The molecule has 31 heavy (non-hydrogen) atoms. The van der Waals surface area contributed by atoms with E-state index in [2.05, 4.69) is 32.3 Å². The standard InChI is InChI=1S/C23H23ClFN5O/c24-30-16-26-22-20(23(30,25)28-19-7-2-1-3-8-19)14-21(27-22)18-6-4-5-17(13-18)15-29-9-11-31-12-10-29/h1-8,13-14,16,27-28H,9-12,15H2. The fourth-order valence-electron chi connectivity index (χ4n) is 3.94. The second-order valence-corrected chi connectivity index (χ2v) is 8.07. The Bertz CT molecular complexity index is 1080. The van der Waals surface area contributed by atoms with Gasteiger partial charge in [0.15, 0.2) is 0 Å². The van der Waals surface area contributed by atoms with Gasteiger partial charge >= 0.3 is 5.92 Å². The maximum absolute atomic E-state index is 16.1. The summed E-state index contributed by atoms with van der Waals surface area (Å²) in [6, 6.07) is 19.2. The lowest BCUT2D eigenvalue weighted by Crippen LogP contribution is -2.44. The Morgan fingerprint density at radius 3 is 2.71 bits per heavy atom. The van der Waals surface area contributed by atoms with Gasteiger partial charge in [0.2, 0.25) is 0 Å². The van der Waals surface area contributed by atoms with Crippen molar-refractivity contribution >= 4 is 29.6 Å². The maximum atomic E-state index is 16.1. The highest BCUT2D eigenvalue weighted by molar-refractivity contribution is 6.19. The molecule has 2 aliphatic rings. The summed E-state index contributed by atoms with van der Waals surface area (Å²) >= 11 is 6.21. The normalized spacial score (nSPS) is 21.2. The van der Waals surface area contributed by atoms with Crippen molar-refractivity contribution in [2.24, 2.45) is 4.99 Å². The van der Waals surface area contributed by atoms with Gasteiger partial charge in [-0.3, -0.25) is 4.90 Å². The molecule has 6 nitrogen and oxygen atoms in total. The predicted octanol–water partition coefficient (Wildman–Crippen LogP) is 4.84. The zero-order valence-corrected chi connectivity index (χ0v) is 17.6. The van der Waals surface area contributed by atoms with Gasteiger partial charge in [0.05, 0.1) is 18.8 Å². The van der Waals surface area contributed by atoms with E-state index in [1.54, 1.807) is 18.2 Å². The number of morpholine rings is 1. The average molecular weight is 440 g/mol. The van der Waals surface area contributed by atoms with Crippen LogP contribution in [0.4, 0.5) is 15.9 Å². The molecule has 1 fully saturated rings. The van der Waals surface area contributed by atoms with Gasteiger partial charge in [-0.05, 0) is 35.4 Å². The predicted molar refractivity (Wildman–Crippen MR) is 121 cm³/mol. The monoisotopic (exact) mass is 439 g/mol. The van der Waals surface area contributed by atoms with E-state index in [1.807, 2.05) is 30.3 Å². The number of H-pyrrole nitrogens is 1. The van der Waals surface area contributed by atoms with Gasteiger partial charge in [0.1, 0.15) is 12.2 Å². The number of hydrogen-bond donors (Lipinski definition) is 2. The van der Waals surface area contributed by atoms with Gasteiger partial charge in [0, 0.05) is 42.8 Å². The summed E-state index contributed by atoms with van der Waals surface area (Å²) in [5, 5.41) is 2.89. The molecule has 0 radical (unpaired) electrons. The third-order valence-corrected chi connectivity index (χ3v) is 5.89. The van der Waals surface area contributed by atoms with Crippen LogP contribution in [0.2, 0.25) is 0 Å². The first-order chi connectivity index (χ1) is 15.1. The zero-order chi connectivity index (χ0) is 21.3. The molecule has 1 saturated heterocycles. The fraction of sp³-hybridized carbons (Fsp3) is 0.261. The fourth-order valence-corrected chi connectivity index (χ4v) is 4.12. The molecule has 3 heterocycles. The first-order valence-electron chi connectivity index (χ1n) is 10.3. The first-order valence-corrected chi connectivity index (χ1v) is 10.6. The van der Waals surface area contributed by atoms with E-state index in [0.717, 1.165) is 48.5 Å². The molecule has 2 aliphatic heterocycles. The molecule has 1 unspecified atom stereocenters. The summed E-state index contributed by atoms with van der Waals surface area (Å²) in [6.07, 6.45) is 1.27. The van der Waals surface area contributed by atoms with E-state index in [1.165, 1.54) is 11.9 Å². The van der Waals surface area contributed by atoms with Crippen LogP contribution in [-0.2, 0) is 17.2 Å². The van der Waals surface area contributed by atoms with Crippen molar-refractivity contribution in [2.75, 3.05) is 31.6 Å². The minimum atomic E-state index is -2.14. The number of hydrogen-bond acceptors (Lipinski definition) is 5. The van der Waals surface area contributed by atoms with Crippen molar-refractivity contribution in [1.82, 2.24) is 14.3 Å². The summed E-state index contributed by atoms with van der Waals surface area (Å²) in [7, 11) is 0. The van der Waals surface area contributed by atoms with E-state index >= 15 is 4.39 Å². The maximum Gasteiger partial charge on any atom is 0.303 e. The molecule has 2 aromatic carbocycles. The summed E-state index contributed by atoms with van der Waals surface area (Å²) < 4.78 is 22.5. The van der Waals surface area contributed by atoms with Crippen molar-refractivity contribution in [2.45, 2.75) is 12.5 Å². The lowest BCUT2D eigenvalue weighted by Gasteiger charge is -2.34. The van der Waals surface area contributed by atoms with Gasteiger partial charge in [-0.15, -0.1) is 0 Å². The second kappa shape index (κ2) is 8.34. The SMILES string of the molecule is FC1(Nc2ccccc2)c2cc(-c3cccc(CN4CCOCC4)c3)[nH]c2N=CN1Cl. The van der Waals surface area contributed by atoms with Gasteiger partial charge < -0.3 is 15.0 Å². The summed E-state index contributed by atoms with van der Waals surface area (Å²) in [5.74, 6) is -1.70. The topological polar surface area (TPSA) is 55.9 Å². The molecule has 3 aromatic rings. The van der Waals surface area contributed by atoms with Crippen LogP contribution in [0.5, 0.6) is 0 Å². The van der Waals surface area contributed by atoms with Crippen LogP contribution in [0.25, 0.3) is 11.3 Å². The molecule has 0 aliphatic carbocycles. The van der Waals surface area contributed by atoms with Crippen molar-refractivity contribution in [3.63, 3.8) is 0 Å². The molecular weight excluding hydrogens is 417 g/mol. The van der Waals surface area contributed by atoms with Gasteiger partial charge in [0.25, 0.3) is 0 Å². The molecule has 2 N–H and O–H groups in total. The summed E-state index contributed by atoms with van der Waals surface area (Å²) in [5.41, 5.74) is 3.91. The number of aromatic amines is 1. The lowest BCUT2D eigenvalue weighted by atomic mass is 10.1. The lowest BCUT2D eigenvalue weighted by molar-refractivity contribution is 0.0342. The van der Waals surface area contributed by atoms with Crippen LogP contribution in [0, 0.1) is 0 Å². The van der Waals surface area contributed by atoms with Crippen molar-refractivity contribution in [3.8, 4) is 11.3 Å². The number of alkyl halides is 1. The van der Waals surface area contributed by atoms with Gasteiger partial charge in [-0.2, -0.15) is 4.39 Å². The quantitative estimate of drug-likeness (QED) is 0.441. The minimum absolute atomic E-state index is 0.336. The zero-order valence-electron chi connectivity index (χ0n) is 16.9. The highest BCUT2D eigenvalue weighted by Gasteiger charge is 2.43. The first kappa shape index (κ1) is 20.1. The van der Waals surface area contributed by atoms with Crippen LogP contribution in [0.1, 0.15) is 11.1 Å².